The lowest BCUT2D eigenvalue weighted by molar-refractivity contribution is 0.647. The van der Waals surface area contributed by atoms with E-state index in [1.165, 1.54) is 67.7 Å². The highest BCUT2D eigenvalue weighted by atomic mass is 32.1. The van der Waals surface area contributed by atoms with Gasteiger partial charge in [0.2, 0.25) is 0 Å². The van der Waals surface area contributed by atoms with Crippen LogP contribution in [0, 0.1) is 0 Å². The summed E-state index contributed by atoms with van der Waals surface area (Å²) < 4.78 is 2.24. The fraction of sp³-hybridized carbons (Fsp3) is 0.333. The topological polar surface area (TPSA) is 41.0 Å². The van der Waals surface area contributed by atoms with E-state index in [2.05, 4.69) is 58.2 Å². The molecule has 30 heavy (non-hydrogen) atoms. The molecule has 3 aromatic rings. The van der Waals surface area contributed by atoms with Crippen molar-refractivity contribution in [3.63, 3.8) is 0 Å². The quantitative estimate of drug-likeness (QED) is 0.462. The van der Waals surface area contributed by atoms with E-state index in [9.17, 15) is 0 Å². The van der Waals surface area contributed by atoms with E-state index in [4.69, 9.17) is 0 Å². The third kappa shape index (κ3) is 3.64. The van der Waals surface area contributed by atoms with Crippen LogP contribution in [0.2, 0.25) is 0 Å². The second-order valence-electron chi connectivity index (χ2n) is 7.92. The van der Waals surface area contributed by atoms with E-state index in [1.807, 2.05) is 28.7 Å². The van der Waals surface area contributed by atoms with E-state index in [-0.39, 0.29) is 0 Å². The highest BCUT2D eigenvalue weighted by molar-refractivity contribution is 7.16. The number of aryl methyl sites for hydroxylation is 1. The molecule has 5 rings (SSSR count). The lowest BCUT2D eigenvalue weighted by atomic mass is 9.95. The van der Waals surface area contributed by atoms with Gasteiger partial charge in [0.05, 0.1) is 5.82 Å². The van der Waals surface area contributed by atoms with Crippen molar-refractivity contribution in [2.24, 2.45) is 0 Å². The van der Waals surface area contributed by atoms with E-state index in [1.54, 1.807) is 0 Å². The van der Waals surface area contributed by atoms with Gasteiger partial charge in [-0.25, -0.2) is 0 Å². The van der Waals surface area contributed by atoms with Crippen LogP contribution in [0.25, 0.3) is 11.1 Å². The molecule has 1 aliphatic carbocycles. The molecule has 0 saturated carbocycles. The van der Waals surface area contributed by atoms with Crippen molar-refractivity contribution in [2.45, 2.75) is 45.2 Å². The van der Waals surface area contributed by atoms with Crippen molar-refractivity contribution in [1.82, 2.24) is 15.2 Å². The Kier molecular flexibility index (Phi) is 5.54. The minimum absolute atomic E-state index is 0.777. The number of hydrogen-bond donors (Lipinski definition) is 3. The zero-order chi connectivity index (χ0) is 20.5. The summed E-state index contributed by atoms with van der Waals surface area (Å²) in [6.07, 6.45) is 12.3. The van der Waals surface area contributed by atoms with Gasteiger partial charge in [0.1, 0.15) is 10.0 Å². The minimum Gasteiger partial charge on any atom is -0.368 e. The molecule has 4 nitrogen and oxygen atoms in total. The highest BCUT2D eigenvalue weighted by Gasteiger charge is 2.22. The maximum atomic E-state index is 4.27. The van der Waals surface area contributed by atoms with Crippen LogP contribution in [0.1, 0.15) is 44.8 Å². The van der Waals surface area contributed by atoms with Crippen molar-refractivity contribution in [1.29, 1.82) is 0 Å². The Balaban J connectivity index is 1.35. The standard InChI is InChI=1S/C24H28N4S2/c1-3-17-18-8-4-5-9-21(18)29-23(17)27-16(2)26-14-20-19-10-11-25-15-22(19)30-24(20)28-12-6-7-13-28/h3,6-7,12-13,25-27H,1-2,4-5,8-11,14-15H2. The summed E-state index contributed by atoms with van der Waals surface area (Å²) in [4.78, 5) is 2.97. The van der Waals surface area contributed by atoms with Crippen LogP contribution >= 0.6 is 22.7 Å². The first kappa shape index (κ1) is 19.7. The molecule has 156 valence electrons. The summed E-state index contributed by atoms with van der Waals surface area (Å²) in [7, 11) is 0. The minimum atomic E-state index is 0.777. The lowest BCUT2D eigenvalue weighted by Crippen LogP contribution is -2.24. The molecule has 0 radical (unpaired) electrons. The molecule has 3 N–H and O–H groups in total. The predicted molar refractivity (Wildman–Crippen MR) is 130 cm³/mol. The van der Waals surface area contributed by atoms with Gasteiger partial charge in [-0.15, -0.1) is 22.7 Å². The third-order valence-electron chi connectivity index (χ3n) is 6.01. The molecule has 0 unspecified atom stereocenters. The van der Waals surface area contributed by atoms with E-state index < -0.39 is 0 Å². The monoisotopic (exact) mass is 436 g/mol. The van der Waals surface area contributed by atoms with Crippen LogP contribution in [-0.4, -0.2) is 11.1 Å². The number of nitrogens with zero attached hydrogens (tertiary/aromatic N) is 1. The first-order valence-corrected chi connectivity index (χ1v) is 12.3. The van der Waals surface area contributed by atoms with Gasteiger partial charge >= 0.3 is 0 Å². The number of aromatic nitrogens is 1. The maximum Gasteiger partial charge on any atom is 0.105 e. The van der Waals surface area contributed by atoms with Crippen LogP contribution < -0.4 is 16.0 Å². The SMILES string of the molecule is C=Cc1c(NC(=C)NCc2c(-n3cccc3)sc3c2CCNC3)sc2c1CCCC2. The third-order valence-corrected chi connectivity index (χ3v) is 8.53. The lowest BCUT2D eigenvalue weighted by Gasteiger charge is -2.17. The Bertz CT molecular complexity index is 1070. The van der Waals surface area contributed by atoms with Crippen LogP contribution in [0.4, 0.5) is 5.00 Å². The van der Waals surface area contributed by atoms with Gasteiger partial charge in [-0.3, -0.25) is 0 Å². The zero-order valence-corrected chi connectivity index (χ0v) is 18.9. The van der Waals surface area contributed by atoms with Crippen molar-refractivity contribution in [2.75, 3.05) is 11.9 Å². The summed E-state index contributed by atoms with van der Waals surface area (Å²) in [5.74, 6) is 0.851. The molecule has 0 saturated heterocycles. The fourth-order valence-corrected chi connectivity index (χ4v) is 7.14. The number of anilines is 1. The molecule has 2 aliphatic rings. The van der Waals surface area contributed by atoms with Gasteiger partial charge < -0.3 is 20.5 Å². The number of nitrogens with one attached hydrogen (secondary N) is 3. The summed E-state index contributed by atoms with van der Waals surface area (Å²) in [6, 6.07) is 4.17. The van der Waals surface area contributed by atoms with Gasteiger partial charge in [0, 0.05) is 46.4 Å². The molecule has 0 bridgehead atoms. The van der Waals surface area contributed by atoms with E-state index in [0.29, 0.717) is 0 Å². The summed E-state index contributed by atoms with van der Waals surface area (Å²) >= 11 is 3.77. The molecule has 6 heteroatoms. The first-order chi connectivity index (χ1) is 14.7. The van der Waals surface area contributed by atoms with Gasteiger partial charge in [0.15, 0.2) is 0 Å². The summed E-state index contributed by atoms with van der Waals surface area (Å²) in [5.41, 5.74) is 5.65. The molecule has 0 amide bonds. The van der Waals surface area contributed by atoms with Gasteiger partial charge in [-0.2, -0.15) is 0 Å². The Morgan fingerprint density at radius 1 is 1.10 bits per heavy atom. The van der Waals surface area contributed by atoms with Crippen LogP contribution in [-0.2, 0) is 32.4 Å². The van der Waals surface area contributed by atoms with Gasteiger partial charge in [-0.1, -0.05) is 19.2 Å². The zero-order valence-electron chi connectivity index (χ0n) is 17.2. The number of rotatable bonds is 7. The predicted octanol–water partition coefficient (Wildman–Crippen LogP) is 5.44. The molecule has 1 aliphatic heterocycles. The number of fused-ring (bicyclic) bond motifs is 2. The second-order valence-corrected chi connectivity index (χ2v) is 10.1. The summed E-state index contributed by atoms with van der Waals surface area (Å²) in [6.45, 7) is 11.1. The molecule has 3 aromatic heterocycles. The smallest absolute Gasteiger partial charge is 0.105 e. The molecule has 0 atom stereocenters. The molecule has 0 spiro atoms. The highest BCUT2D eigenvalue weighted by Crippen LogP contribution is 2.39. The molecule has 4 heterocycles. The fourth-order valence-electron chi connectivity index (χ4n) is 4.52. The molecular formula is C24H28N4S2. The van der Waals surface area contributed by atoms with Crippen molar-refractivity contribution >= 4 is 33.8 Å². The Labute approximate surface area is 186 Å². The first-order valence-electron chi connectivity index (χ1n) is 10.7. The Hall–Kier alpha value is -2.28. The van der Waals surface area contributed by atoms with E-state index >= 15 is 0 Å². The Morgan fingerprint density at radius 2 is 1.93 bits per heavy atom. The molecular weight excluding hydrogens is 408 g/mol. The van der Waals surface area contributed by atoms with Crippen molar-refractivity contribution in [3.05, 3.63) is 75.5 Å². The van der Waals surface area contributed by atoms with Crippen LogP contribution in [0.5, 0.6) is 0 Å². The van der Waals surface area contributed by atoms with Crippen LogP contribution in [0.15, 0.2) is 43.5 Å². The van der Waals surface area contributed by atoms with Crippen molar-refractivity contribution < 1.29 is 0 Å². The molecule has 0 fully saturated rings. The normalized spacial score (nSPS) is 15.3. The van der Waals surface area contributed by atoms with E-state index in [0.717, 1.165) is 31.9 Å². The largest absolute Gasteiger partial charge is 0.368 e. The maximum absolute atomic E-state index is 4.27. The number of hydrogen-bond acceptors (Lipinski definition) is 5. The van der Waals surface area contributed by atoms with Crippen molar-refractivity contribution in [3.8, 4) is 5.00 Å². The second kappa shape index (κ2) is 8.46. The van der Waals surface area contributed by atoms with Gasteiger partial charge in [-0.05, 0) is 61.9 Å². The summed E-state index contributed by atoms with van der Waals surface area (Å²) in [5, 5.41) is 13.1. The average Bonchev–Trinajstić information content (AvgIpc) is 3.48. The average molecular weight is 437 g/mol. The number of thiophene rings is 2. The molecule has 0 aromatic carbocycles. The van der Waals surface area contributed by atoms with Crippen LogP contribution in [0.3, 0.4) is 0 Å². The van der Waals surface area contributed by atoms with Gasteiger partial charge in [0.25, 0.3) is 0 Å². The Morgan fingerprint density at radius 3 is 2.77 bits per heavy atom.